The second kappa shape index (κ2) is 5.56. The summed E-state index contributed by atoms with van der Waals surface area (Å²) in [6.07, 6.45) is 0. The predicted octanol–water partition coefficient (Wildman–Crippen LogP) is 4.24. The number of H-pyrrole nitrogens is 1. The zero-order chi connectivity index (χ0) is 20.8. The number of aromatic nitrogens is 3. The van der Waals surface area contributed by atoms with Gasteiger partial charge in [0.05, 0.1) is 15.6 Å². The Morgan fingerprint density at radius 2 is 1.53 bits per heavy atom. The van der Waals surface area contributed by atoms with Crippen LogP contribution < -0.4 is 4.74 Å². The molecular formula is C20H9Cl2N3O5. The van der Waals surface area contributed by atoms with Gasteiger partial charge < -0.3 is 19.7 Å². The number of ether oxygens (including phenoxy) is 2. The Balaban J connectivity index is 1.78. The van der Waals surface area contributed by atoms with Gasteiger partial charge in [-0.15, -0.1) is 0 Å². The van der Waals surface area contributed by atoms with Gasteiger partial charge >= 0.3 is 5.97 Å². The third kappa shape index (κ3) is 1.99. The fourth-order valence-electron chi connectivity index (χ4n) is 4.13. The molecule has 2 aliphatic heterocycles. The van der Waals surface area contributed by atoms with Crippen molar-refractivity contribution < 1.29 is 24.5 Å². The third-order valence-corrected chi connectivity index (χ3v) is 6.00. The molecule has 148 valence electrons. The molecule has 0 aliphatic carbocycles. The van der Waals surface area contributed by atoms with Gasteiger partial charge in [0, 0.05) is 28.8 Å². The van der Waals surface area contributed by atoms with E-state index in [2.05, 4.69) is 15.4 Å². The summed E-state index contributed by atoms with van der Waals surface area (Å²) >= 11 is 12.4. The maximum Gasteiger partial charge on any atom is 0.342 e. The number of nitrogens with one attached hydrogen (secondary N) is 1. The molecular weight excluding hydrogens is 433 g/mol. The second-order valence-electron chi connectivity index (χ2n) is 6.95. The summed E-state index contributed by atoms with van der Waals surface area (Å²) < 4.78 is 11.9. The maximum absolute atomic E-state index is 13.1. The summed E-state index contributed by atoms with van der Waals surface area (Å²) in [4.78, 5) is 13.1. The van der Waals surface area contributed by atoms with Crippen LogP contribution in [-0.4, -0.2) is 31.6 Å². The van der Waals surface area contributed by atoms with E-state index in [1.54, 1.807) is 12.1 Å². The topological polar surface area (TPSA) is 118 Å². The molecule has 4 aromatic rings. The van der Waals surface area contributed by atoms with Gasteiger partial charge in [-0.1, -0.05) is 29.3 Å². The molecule has 0 saturated heterocycles. The average Bonchev–Trinajstić information content (AvgIpc) is 3.29. The molecule has 0 amide bonds. The highest BCUT2D eigenvalue weighted by atomic mass is 35.5. The maximum atomic E-state index is 13.1. The highest BCUT2D eigenvalue weighted by Gasteiger charge is 2.55. The van der Waals surface area contributed by atoms with Crippen molar-refractivity contribution in [3.05, 3.63) is 68.7 Å². The van der Waals surface area contributed by atoms with Crippen LogP contribution in [0.2, 0.25) is 10.0 Å². The quantitative estimate of drug-likeness (QED) is 0.349. The summed E-state index contributed by atoms with van der Waals surface area (Å²) in [6.45, 7) is 0. The minimum atomic E-state index is -1.48. The van der Waals surface area contributed by atoms with E-state index >= 15 is 0 Å². The molecule has 1 spiro atoms. The van der Waals surface area contributed by atoms with Crippen LogP contribution in [0.3, 0.4) is 0 Å². The van der Waals surface area contributed by atoms with Gasteiger partial charge in [0.25, 0.3) is 0 Å². The lowest BCUT2D eigenvalue weighted by molar-refractivity contribution is 0.0225. The standard InChI is InChI=1S/C20H9Cl2N3O5/c21-10-3-8-15(5-13(10)26)29-16-6-14(27)11(22)4-9(16)20(8)7-1-2-12-18(24-25-23-12)17(7)19(28)30-20/h1-6,26-27H,(H,23,24,25). The lowest BCUT2D eigenvalue weighted by Gasteiger charge is -2.36. The van der Waals surface area contributed by atoms with Gasteiger partial charge in [0.15, 0.2) is 5.60 Å². The molecule has 0 bridgehead atoms. The molecule has 2 aliphatic rings. The Morgan fingerprint density at radius 1 is 0.900 bits per heavy atom. The van der Waals surface area contributed by atoms with E-state index in [0.29, 0.717) is 27.7 Å². The number of esters is 1. The first-order valence-electron chi connectivity index (χ1n) is 8.71. The number of aromatic amines is 1. The summed E-state index contributed by atoms with van der Waals surface area (Å²) in [7, 11) is 0. The number of rotatable bonds is 0. The second-order valence-corrected chi connectivity index (χ2v) is 7.77. The summed E-state index contributed by atoms with van der Waals surface area (Å²) in [6, 6.07) is 9.03. The molecule has 3 heterocycles. The molecule has 8 nitrogen and oxygen atoms in total. The molecule has 30 heavy (non-hydrogen) atoms. The minimum absolute atomic E-state index is 0.0528. The van der Waals surface area contributed by atoms with Gasteiger partial charge in [-0.05, 0) is 18.2 Å². The number of aromatic hydroxyl groups is 2. The summed E-state index contributed by atoms with van der Waals surface area (Å²) in [5, 5.41) is 30.9. The minimum Gasteiger partial charge on any atom is -0.506 e. The first-order valence-corrected chi connectivity index (χ1v) is 9.47. The molecule has 0 radical (unpaired) electrons. The lowest BCUT2D eigenvalue weighted by atomic mass is 9.77. The summed E-state index contributed by atoms with van der Waals surface area (Å²) in [5.74, 6) is -0.594. The third-order valence-electron chi connectivity index (χ3n) is 5.39. The molecule has 10 heteroatoms. The average molecular weight is 442 g/mol. The number of hydrogen-bond donors (Lipinski definition) is 3. The number of halogens is 2. The highest BCUT2D eigenvalue weighted by molar-refractivity contribution is 6.32. The van der Waals surface area contributed by atoms with Crippen molar-refractivity contribution in [2.24, 2.45) is 0 Å². The number of fused-ring (bicyclic) bond motifs is 8. The number of benzene rings is 3. The molecule has 0 atom stereocenters. The van der Waals surface area contributed by atoms with E-state index in [4.69, 9.17) is 32.7 Å². The van der Waals surface area contributed by atoms with Crippen molar-refractivity contribution in [2.75, 3.05) is 0 Å². The molecule has 3 aromatic carbocycles. The van der Waals surface area contributed by atoms with E-state index in [-0.39, 0.29) is 38.6 Å². The van der Waals surface area contributed by atoms with Crippen LogP contribution in [0.5, 0.6) is 23.0 Å². The van der Waals surface area contributed by atoms with Crippen LogP contribution in [0.1, 0.15) is 27.0 Å². The molecule has 0 fully saturated rings. The molecule has 1 aromatic heterocycles. The van der Waals surface area contributed by atoms with Crippen molar-refractivity contribution in [3.63, 3.8) is 0 Å². The van der Waals surface area contributed by atoms with Crippen LogP contribution in [-0.2, 0) is 10.3 Å². The zero-order valence-corrected chi connectivity index (χ0v) is 16.2. The van der Waals surface area contributed by atoms with E-state index in [9.17, 15) is 15.0 Å². The predicted molar refractivity (Wildman–Crippen MR) is 105 cm³/mol. The Kier molecular flexibility index (Phi) is 3.22. The molecule has 6 rings (SSSR count). The van der Waals surface area contributed by atoms with Crippen LogP contribution in [0.25, 0.3) is 11.0 Å². The number of phenolic OH excluding ortho intramolecular Hbond substituents is 2. The normalized spacial score (nSPS) is 15.5. The highest BCUT2D eigenvalue weighted by Crippen LogP contribution is 2.59. The van der Waals surface area contributed by atoms with E-state index < -0.39 is 11.6 Å². The van der Waals surface area contributed by atoms with Gasteiger partial charge in [0.2, 0.25) is 0 Å². The van der Waals surface area contributed by atoms with E-state index in [1.165, 1.54) is 24.3 Å². The Labute approximate surface area is 177 Å². The first-order chi connectivity index (χ1) is 14.4. The molecule has 3 N–H and O–H groups in total. The lowest BCUT2D eigenvalue weighted by Crippen LogP contribution is -2.33. The van der Waals surface area contributed by atoms with Gasteiger partial charge in [-0.3, -0.25) is 0 Å². The van der Waals surface area contributed by atoms with Crippen LogP contribution in [0.4, 0.5) is 0 Å². The van der Waals surface area contributed by atoms with Crippen LogP contribution >= 0.6 is 23.2 Å². The molecule has 0 saturated carbocycles. The Morgan fingerprint density at radius 3 is 2.17 bits per heavy atom. The van der Waals surface area contributed by atoms with Crippen LogP contribution in [0.15, 0.2) is 36.4 Å². The number of phenols is 2. The number of hydrogen-bond acceptors (Lipinski definition) is 7. The summed E-state index contributed by atoms with van der Waals surface area (Å²) in [5.41, 5.74) is 0.916. The van der Waals surface area contributed by atoms with Crippen molar-refractivity contribution in [3.8, 4) is 23.0 Å². The fraction of sp³-hybridized carbons (Fsp3) is 0.0500. The fourth-order valence-corrected chi connectivity index (χ4v) is 4.45. The van der Waals surface area contributed by atoms with Crippen molar-refractivity contribution in [2.45, 2.75) is 5.60 Å². The van der Waals surface area contributed by atoms with Crippen molar-refractivity contribution >= 4 is 40.2 Å². The molecule has 0 unspecified atom stereocenters. The smallest absolute Gasteiger partial charge is 0.342 e. The largest absolute Gasteiger partial charge is 0.506 e. The Hall–Kier alpha value is -3.49. The monoisotopic (exact) mass is 441 g/mol. The number of carbonyl (C=O) groups excluding carboxylic acids is 1. The van der Waals surface area contributed by atoms with E-state index in [0.717, 1.165) is 0 Å². The van der Waals surface area contributed by atoms with Crippen molar-refractivity contribution in [1.82, 2.24) is 15.4 Å². The Bertz CT molecular complexity index is 1370. The SMILES string of the molecule is O=C1OC2(c3cc(Cl)c(O)cc3Oc3cc(O)c(Cl)cc32)c2ccc3n[nH]nc3c21. The zero-order valence-electron chi connectivity index (χ0n) is 14.7. The van der Waals surface area contributed by atoms with Gasteiger partial charge in [-0.25, -0.2) is 4.79 Å². The number of nitrogens with zero attached hydrogens (tertiary/aromatic N) is 2. The van der Waals surface area contributed by atoms with Gasteiger partial charge in [0.1, 0.15) is 34.0 Å². The first kappa shape index (κ1) is 17.4. The number of carbonyl (C=O) groups is 1. The van der Waals surface area contributed by atoms with Gasteiger partial charge in [-0.2, -0.15) is 15.4 Å². The van der Waals surface area contributed by atoms with Crippen molar-refractivity contribution in [1.29, 1.82) is 0 Å². The van der Waals surface area contributed by atoms with Crippen LogP contribution in [0, 0.1) is 0 Å². The van der Waals surface area contributed by atoms with E-state index in [1.807, 2.05) is 0 Å².